The topological polar surface area (TPSA) is 66.4 Å². The smallest absolute Gasteiger partial charge is 0.264 e. The Hall–Kier alpha value is -0.780. The van der Waals surface area contributed by atoms with Crippen LogP contribution in [-0.4, -0.2) is 25.3 Å². The summed E-state index contributed by atoms with van der Waals surface area (Å²) in [7, 11) is -3.81. The zero-order valence-electron chi connectivity index (χ0n) is 9.39. The Labute approximate surface area is 107 Å². The van der Waals surface area contributed by atoms with Crippen molar-refractivity contribution in [2.75, 3.05) is 17.6 Å². The van der Waals surface area contributed by atoms with Crippen molar-refractivity contribution in [3.8, 4) is 0 Å². The van der Waals surface area contributed by atoms with Gasteiger partial charge in [0, 0.05) is 6.54 Å². The Bertz CT molecular complexity index is 448. The van der Waals surface area contributed by atoms with E-state index in [1.165, 1.54) is 0 Å². The molecule has 0 saturated heterocycles. The molecule has 0 radical (unpaired) electrons. The molecule has 0 atom stereocenters. The van der Waals surface area contributed by atoms with Gasteiger partial charge < -0.3 is 5.32 Å². The highest BCUT2D eigenvalue weighted by Gasteiger charge is 2.03. The van der Waals surface area contributed by atoms with Crippen molar-refractivity contribution in [1.29, 1.82) is 0 Å². The number of hydrogen-bond acceptors (Lipinski definition) is 3. The number of halogens is 1. The van der Waals surface area contributed by atoms with Crippen molar-refractivity contribution in [3.63, 3.8) is 0 Å². The Morgan fingerprint density at radius 3 is 2.53 bits per heavy atom. The van der Waals surface area contributed by atoms with E-state index >= 15 is 0 Å². The van der Waals surface area contributed by atoms with Gasteiger partial charge in [0.1, 0.15) is 0 Å². The molecule has 96 valence electrons. The first kappa shape index (κ1) is 14.3. The third-order valence-corrected chi connectivity index (χ3v) is 3.40. The van der Waals surface area contributed by atoms with Gasteiger partial charge in [0.2, 0.25) is 0 Å². The molecule has 4 nitrogen and oxygen atoms in total. The lowest BCUT2D eigenvalue weighted by atomic mass is 10.2. The summed E-state index contributed by atoms with van der Waals surface area (Å²) in [4.78, 5) is 0. The molecular formula is C11H16ClNO3S. The van der Waals surface area contributed by atoms with Crippen LogP contribution in [0.25, 0.3) is 0 Å². The highest BCUT2D eigenvalue weighted by atomic mass is 35.5. The van der Waals surface area contributed by atoms with Gasteiger partial charge in [-0.25, -0.2) is 0 Å². The maximum atomic E-state index is 10.5. The number of para-hydroxylation sites is 1. The predicted octanol–water partition coefficient (Wildman–Crippen LogP) is 2.81. The van der Waals surface area contributed by atoms with Crippen LogP contribution < -0.4 is 5.32 Å². The number of rotatable bonds is 7. The van der Waals surface area contributed by atoms with E-state index in [1.54, 1.807) is 0 Å². The summed E-state index contributed by atoms with van der Waals surface area (Å²) in [6.45, 7) is 0.731. The van der Waals surface area contributed by atoms with Gasteiger partial charge in [-0.2, -0.15) is 8.42 Å². The molecule has 0 aliphatic carbocycles. The van der Waals surface area contributed by atoms with E-state index < -0.39 is 10.1 Å². The first-order chi connectivity index (χ1) is 7.99. The molecule has 0 amide bonds. The highest BCUT2D eigenvalue weighted by molar-refractivity contribution is 7.85. The van der Waals surface area contributed by atoms with E-state index in [0.29, 0.717) is 11.4 Å². The van der Waals surface area contributed by atoms with E-state index in [0.717, 1.165) is 25.1 Å². The molecule has 2 N–H and O–H groups in total. The summed E-state index contributed by atoms with van der Waals surface area (Å²) < 4.78 is 29.4. The van der Waals surface area contributed by atoms with Crippen LogP contribution in [0.3, 0.4) is 0 Å². The number of unbranched alkanes of at least 4 members (excludes halogenated alkanes) is 2. The first-order valence-electron chi connectivity index (χ1n) is 5.42. The van der Waals surface area contributed by atoms with Gasteiger partial charge in [-0.1, -0.05) is 30.2 Å². The zero-order valence-corrected chi connectivity index (χ0v) is 11.0. The number of anilines is 1. The fraction of sp³-hybridized carbons (Fsp3) is 0.455. The molecule has 0 unspecified atom stereocenters. The minimum atomic E-state index is -3.81. The lowest BCUT2D eigenvalue weighted by Crippen LogP contribution is -2.05. The largest absolute Gasteiger partial charge is 0.384 e. The maximum Gasteiger partial charge on any atom is 0.264 e. The van der Waals surface area contributed by atoms with Crippen LogP contribution in [-0.2, 0) is 10.1 Å². The second-order valence-corrected chi connectivity index (χ2v) is 5.73. The molecule has 0 bridgehead atoms. The molecule has 0 aliphatic rings. The van der Waals surface area contributed by atoms with E-state index in [2.05, 4.69) is 5.32 Å². The Morgan fingerprint density at radius 2 is 1.88 bits per heavy atom. The van der Waals surface area contributed by atoms with Crippen LogP contribution in [0, 0.1) is 0 Å². The van der Waals surface area contributed by atoms with Crippen LogP contribution in [0.5, 0.6) is 0 Å². The predicted molar refractivity (Wildman–Crippen MR) is 70.2 cm³/mol. The molecule has 1 aromatic carbocycles. The van der Waals surface area contributed by atoms with Crippen molar-refractivity contribution < 1.29 is 13.0 Å². The van der Waals surface area contributed by atoms with Gasteiger partial charge in [-0.15, -0.1) is 0 Å². The zero-order chi connectivity index (χ0) is 12.7. The number of hydrogen-bond donors (Lipinski definition) is 2. The molecule has 0 aromatic heterocycles. The van der Waals surface area contributed by atoms with Crippen LogP contribution >= 0.6 is 11.6 Å². The summed E-state index contributed by atoms with van der Waals surface area (Å²) in [5.41, 5.74) is 0.879. The van der Waals surface area contributed by atoms with Gasteiger partial charge in [0.05, 0.1) is 16.5 Å². The van der Waals surface area contributed by atoms with Gasteiger partial charge >= 0.3 is 0 Å². The second kappa shape index (κ2) is 6.83. The Balaban J connectivity index is 2.15. The van der Waals surface area contributed by atoms with Gasteiger partial charge in [-0.3, -0.25) is 4.55 Å². The average Bonchev–Trinajstić information content (AvgIpc) is 2.24. The Kier molecular flexibility index (Phi) is 5.74. The molecule has 0 spiro atoms. The van der Waals surface area contributed by atoms with Crippen molar-refractivity contribution in [2.45, 2.75) is 19.3 Å². The van der Waals surface area contributed by atoms with E-state index in [-0.39, 0.29) is 5.75 Å². The molecule has 17 heavy (non-hydrogen) atoms. The first-order valence-corrected chi connectivity index (χ1v) is 7.41. The summed E-state index contributed by atoms with van der Waals surface area (Å²) in [6.07, 6.45) is 2.06. The van der Waals surface area contributed by atoms with Crippen LogP contribution in [0.15, 0.2) is 24.3 Å². The summed E-state index contributed by atoms with van der Waals surface area (Å²) in [6, 6.07) is 7.45. The number of benzene rings is 1. The minimum Gasteiger partial charge on any atom is -0.384 e. The van der Waals surface area contributed by atoms with E-state index in [1.807, 2.05) is 24.3 Å². The van der Waals surface area contributed by atoms with Gasteiger partial charge in [0.15, 0.2) is 0 Å². The van der Waals surface area contributed by atoms with Gasteiger partial charge in [0.25, 0.3) is 10.1 Å². The molecule has 0 heterocycles. The molecular weight excluding hydrogens is 262 g/mol. The summed E-state index contributed by atoms with van der Waals surface area (Å²) >= 11 is 5.95. The fourth-order valence-electron chi connectivity index (χ4n) is 1.41. The fourth-order valence-corrected chi connectivity index (χ4v) is 2.19. The second-order valence-electron chi connectivity index (χ2n) is 3.75. The summed E-state index contributed by atoms with van der Waals surface area (Å²) in [5, 5.41) is 3.84. The molecule has 1 aromatic rings. The van der Waals surface area contributed by atoms with E-state index in [9.17, 15) is 8.42 Å². The van der Waals surface area contributed by atoms with Crippen molar-refractivity contribution in [1.82, 2.24) is 0 Å². The van der Waals surface area contributed by atoms with Crippen LogP contribution in [0.1, 0.15) is 19.3 Å². The van der Waals surface area contributed by atoms with Crippen molar-refractivity contribution in [2.24, 2.45) is 0 Å². The standard InChI is InChI=1S/C11H16ClNO3S/c12-10-6-2-3-7-11(10)13-8-4-1-5-9-17(14,15)16/h2-3,6-7,13H,1,4-5,8-9H2,(H,14,15,16). The van der Waals surface area contributed by atoms with Gasteiger partial charge in [-0.05, 0) is 25.0 Å². The normalized spacial score (nSPS) is 11.4. The quantitative estimate of drug-likeness (QED) is 0.594. The van der Waals surface area contributed by atoms with Crippen molar-refractivity contribution in [3.05, 3.63) is 29.3 Å². The molecule has 0 aliphatic heterocycles. The van der Waals surface area contributed by atoms with Crippen LogP contribution in [0.2, 0.25) is 5.02 Å². The highest BCUT2D eigenvalue weighted by Crippen LogP contribution is 2.20. The summed E-state index contributed by atoms with van der Waals surface area (Å²) in [5.74, 6) is -0.168. The molecule has 6 heteroatoms. The minimum absolute atomic E-state index is 0.168. The average molecular weight is 278 g/mol. The lowest BCUT2D eigenvalue weighted by molar-refractivity contribution is 0.479. The molecule has 0 fully saturated rings. The van der Waals surface area contributed by atoms with Crippen LogP contribution in [0.4, 0.5) is 5.69 Å². The van der Waals surface area contributed by atoms with Crippen molar-refractivity contribution >= 4 is 27.4 Å². The maximum absolute atomic E-state index is 10.5. The monoisotopic (exact) mass is 277 g/mol. The Morgan fingerprint density at radius 1 is 1.18 bits per heavy atom. The number of nitrogens with one attached hydrogen (secondary N) is 1. The molecule has 1 rings (SSSR count). The third-order valence-electron chi connectivity index (χ3n) is 2.27. The lowest BCUT2D eigenvalue weighted by Gasteiger charge is -2.07. The third kappa shape index (κ3) is 6.51. The van der Waals surface area contributed by atoms with E-state index in [4.69, 9.17) is 16.2 Å². The SMILES string of the molecule is O=S(=O)(O)CCCCCNc1ccccc1Cl. The molecule has 0 saturated carbocycles.